The molecule has 2 N–H and O–H groups in total. The van der Waals surface area contributed by atoms with E-state index in [1.165, 1.54) is 23.2 Å². The van der Waals surface area contributed by atoms with E-state index in [1.807, 2.05) is 0 Å². The van der Waals surface area contributed by atoms with Crippen molar-refractivity contribution < 1.29 is 0 Å². The summed E-state index contributed by atoms with van der Waals surface area (Å²) in [6, 6.07) is 7.34. The van der Waals surface area contributed by atoms with Crippen LogP contribution in [0, 0.1) is 6.92 Å². The third kappa shape index (κ3) is 3.50. The van der Waals surface area contributed by atoms with Gasteiger partial charge in [0.15, 0.2) is 0 Å². The SMILES string of the molecule is Cc1cc(C(C)(C)C)ccc1NC1CNC(C)(C)C1. The van der Waals surface area contributed by atoms with Crippen LogP contribution in [0.5, 0.6) is 0 Å². The lowest BCUT2D eigenvalue weighted by atomic mass is 9.86. The molecule has 1 fully saturated rings. The second-order valence-corrected chi connectivity index (χ2v) is 7.59. The Balaban J connectivity index is 2.10. The van der Waals surface area contributed by atoms with Gasteiger partial charge in [0.05, 0.1) is 0 Å². The minimum Gasteiger partial charge on any atom is -0.381 e. The number of rotatable bonds is 2. The first-order valence-electron chi connectivity index (χ1n) is 7.30. The number of nitrogens with one attached hydrogen (secondary N) is 2. The van der Waals surface area contributed by atoms with Gasteiger partial charge in [-0.25, -0.2) is 0 Å². The Kier molecular flexibility index (Phi) is 3.65. The van der Waals surface area contributed by atoms with Crippen LogP contribution >= 0.6 is 0 Å². The Hall–Kier alpha value is -1.02. The van der Waals surface area contributed by atoms with Crippen LogP contribution in [0.2, 0.25) is 0 Å². The molecule has 19 heavy (non-hydrogen) atoms. The van der Waals surface area contributed by atoms with Crippen LogP contribution in [-0.2, 0) is 5.41 Å². The molecule has 1 aromatic carbocycles. The summed E-state index contributed by atoms with van der Waals surface area (Å²) in [4.78, 5) is 0. The first kappa shape index (κ1) is 14.4. The van der Waals surface area contributed by atoms with Gasteiger partial charge in [-0.15, -0.1) is 0 Å². The van der Waals surface area contributed by atoms with Crippen molar-refractivity contribution in [1.29, 1.82) is 0 Å². The molecule has 1 saturated heterocycles. The fourth-order valence-corrected chi connectivity index (χ4v) is 2.77. The molecule has 1 aromatic rings. The fourth-order valence-electron chi connectivity index (χ4n) is 2.77. The molecule has 1 aliphatic rings. The molecule has 1 unspecified atom stereocenters. The van der Waals surface area contributed by atoms with Gasteiger partial charge in [-0.3, -0.25) is 0 Å². The highest BCUT2D eigenvalue weighted by atomic mass is 15.1. The molecule has 0 saturated carbocycles. The summed E-state index contributed by atoms with van der Waals surface area (Å²) < 4.78 is 0. The standard InChI is InChI=1S/C17H28N2/c1-12-9-13(16(2,3)4)7-8-15(12)19-14-10-17(5,6)18-11-14/h7-9,14,18-19H,10-11H2,1-6H3. The van der Waals surface area contributed by atoms with E-state index in [2.05, 4.69) is 70.4 Å². The van der Waals surface area contributed by atoms with Gasteiger partial charge in [0.2, 0.25) is 0 Å². The molecule has 0 aliphatic carbocycles. The van der Waals surface area contributed by atoms with Gasteiger partial charge >= 0.3 is 0 Å². The Morgan fingerprint density at radius 3 is 2.42 bits per heavy atom. The Labute approximate surface area is 118 Å². The largest absolute Gasteiger partial charge is 0.381 e. The third-order valence-electron chi connectivity index (χ3n) is 4.04. The predicted molar refractivity (Wildman–Crippen MR) is 84.0 cm³/mol. The van der Waals surface area contributed by atoms with E-state index in [9.17, 15) is 0 Å². The minimum absolute atomic E-state index is 0.222. The van der Waals surface area contributed by atoms with Gasteiger partial charge in [-0.05, 0) is 49.8 Å². The monoisotopic (exact) mass is 260 g/mol. The molecule has 0 bridgehead atoms. The maximum Gasteiger partial charge on any atom is 0.0403 e. The Morgan fingerprint density at radius 2 is 1.95 bits per heavy atom. The minimum atomic E-state index is 0.222. The van der Waals surface area contributed by atoms with Crippen molar-refractivity contribution in [3.05, 3.63) is 29.3 Å². The van der Waals surface area contributed by atoms with Gasteiger partial charge in [0.1, 0.15) is 0 Å². The molecule has 1 aliphatic heterocycles. The van der Waals surface area contributed by atoms with Crippen LogP contribution in [0.4, 0.5) is 5.69 Å². The molecule has 0 spiro atoms. The van der Waals surface area contributed by atoms with E-state index in [-0.39, 0.29) is 11.0 Å². The van der Waals surface area contributed by atoms with Crippen molar-refractivity contribution in [2.45, 2.75) is 65.0 Å². The zero-order chi connectivity index (χ0) is 14.3. The summed E-state index contributed by atoms with van der Waals surface area (Å²) in [5, 5.41) is 7.24. The summed E-state index contributed by atoms with van der Waals surface area (Å²) >= 11 is 0. The topological polar surface area (TPSA) is 24.1 Å². The first-order chi connectivity index (χ1) is 8.67. The lowest BCUT2D eigenvalue weighted by Gasteiger charge is -2.22. The molecular weight excluding hydrogens is 232 g/mol. The number of benzene rings is 1. The van der Waals surface area contributed by atoms with Crippen LogP contribution in [-0.4, -0.2) is 18.1 Å². The van der Waals surface area contributed by atoms with Crippen molar-refractivity contribution in [2.75, 3.05) is 11.9 Å². The van der Waals surface area contributed by atoms with E-state index in [0.29, 0.717) is 6.04 Å². The average molecular weight is 260 g/mol. The van der Waals surface area contributed by atoms with Gasteiger partial charge in [0, 0.05) is 23.8 Å². The second kappa shape index (κ2) is 4.82. The molecule has 106 valence electrons. The summed E-state index contributed by atoms with van der Waals surface area (Å²) in [5.74, 6) is 0. The van der Waals surface area contributed by atoms with Crippen LogP contribution in [0.1, 0.15) is 52.2 Å². The molecular formula is C17H28N2. The highest BCUT2D eigenvalue weighted by Crippen LogP contribution is 2.28. The molecule has 0 amide bonds. The van der Waals surface area contributed by atoms with Crippen molar-refractivity contribution >= 4 is 5.69 Å². The normalized spacial score (nSPS) is 22.5. The molecule has 2 heteroatoms. The van der Waals surface area contributed by atoms with Gasteiger partial charge in [0.25, 0.3) is 0 Å². The quantitative estimate of drug-likeness (QED) is 0.844. The Bertz CT molecular complexity index is 455. The lowest BCUT2D eigenvalue weighted by Crippen LogP contribution is -2.31. The fraction of sp³-hybridized carbons (Fsp3) is 0.647. The first-order valence-corrected chi connectivity index (χ1v) is 7.30. The Morgan fingerprint density at radius 1 is 1.26 bits per heavy atom. The van der Waals surface area contributed by atoms with Crippen molar-refractivity contribution in [3.63, 3.8) is 0 Å². The van der Waals surface area contributed by atoms with E-state index in [0.717, 1.165) is 6.54 Å². The van der Waals surface area contributed by atoms with Crippen molar-refractivity contribution in [1.82, 2.24) is 5.32 Å². The maximum atomic E-state index is 3.68. The summed E-state index contributed by atoms with van der Waals surface area (Å²) in [6.45, 7) is 14.6. The molecule has 1 heterocycles. The molecule has 2 nitrogen and oxygen atoms in total. The zero-order valence-corrected chi connectivity index (χ0v) is 13.2. The number of hydrogen-bond donors (Lipinski definition) is 2. The van der Waals surface area contributed by atoms with E-state index >= 15 is 0 Å². The highest BCUT2D eigenvalue weighted by Gasteiger charge is 2.30. The molecule has 1 atom stereocenters. The maximum absolute atomic E-state index is 3.68. The van der Waals surface area contributed by atoms with Crippen LogP contribution in [0.15, 0.2) is 18.2 Å². The summed E-state index contributed by atoms with van der Waals surface area (Å²) in [5.41, 5.74) is 4.51. The van der Waals surface area contributed by atoms with Crippen molar-refractivity contribution in [2.24, 2.45) is 0 Å². The number of aryl methyl sites for hydroxylation is 1. The highest BCUT2D eigenvalue weighted by molar-refractivity contribution is 5.54. The van der Waals surface area contributed by atoms with Crippen LogP contribution < -0.4 is 10.6 Å². The van der Waals surface area contributed by atoms with E-state index in [4.69, 9.17) is 0 Å². The molecule has 2 rings (SSSR count). The molecule has 0 radical (unpaired) electrons. The zero-order valence-electron chi connectivity index (χ0n) is 13.2. The van der Waals surface area contributed by atoms with Crippen LogP contribution in [0.25, 0.3) is 0 Å². The van der Waals surface area contributed by atoms with Crippen molar-refractivity contribution in [3.8, 4) is 0 Å². The smallest absolute Gasteiger partial charge is 0.0403 e. The average Bonchev–Trinajstić information content (AvgIpc) is 2.59. The van der Waals surface area contributed by atoms with Gasteiger partial charge in [-0.1, -0.05) is 32.9 Å². The lowest BCUT2D eigenvalue weighted by molar-refractivity contribution is 0.457. The van der Waals surface area contributed by atoms with Crippen LogP contribution in [0.3, 0.4) is 0 Å². The second-order valence-electron chi connectivity index (χ2n) is 7.59. The number of anilines is 1. The summed E-state index contributed by atoms with van der Waals surface area (Å²) in [6.07, 6.45) is 1.17. The predicted octanol–water partition coefficient (Wildman–Crippen LogP) is 3.84. The number of hydrogen-bond acceptors (Lipinski definition) is 2. The van der Waals surface area contributed by atoms with E-state index in [1.54, 1.807) is 0 Å². The van der Waals surface area contributed by atoms with Gasteiger partial charge in [-0.2, -0.15) is 0 Å². The molecule has 0 aromatic heterocycles. The summed E-state index contributed by atoms with van der Waals surface area (Å²) in [7, 11) is 0. The third-order valence-corrected chi connectivity index (χ3v) is 4.04. The van der Waals surface area contributed by atoms with Gasteiger partial charge < -0.3 is 10.6 Å². The van der Waals surface area contributed by atoms with E-state index < -0.39 is 0 Å².